The molecule has 9 heteroatoms. The van der Waals surface area contributed by atoms with Crippen LogP contribution in [0.1, 0.15) is 30.4 Å². The third-order valence-corrected chi connectivity index (χ3v) is 6.29. The number of halogens is 3. The molecule has 1 atom stereocenters. The largest absolute Gasteiger partial charge is 0.416 e. The van der Waals surface area contributed by atoms with Gasteiger partial charge in [0.2, 0.25) is 10.0 Å². The lowest BCUT2D eigenvalue weighted by Gasteiger charge is -2.36. The van der Waals surface area contributed by atoms with Crippen LogP contribution in [0.5, 0.6) is 0 Å². The van der Waals surface area contributed by atoms with E-state index in [0.29, 0.717) is 32.6 Å². The fourth-order valence-electron chi connectivity index (χ4n) is 3.28. The second-order valence-electron chi connectivity index (χ2n) is 6.24. The average Bonchev–Trinajstić information content (AvgIpc) is 3.08. The van der Waals surface area contributed by atoms with E-state index in [1.807, 2.05) is 0 Å². The van der Waals surface area contributed by atoms with Gasteiger partial charge in [0.1, 0.15) is 0 Å². The fraction of sp³-hybridized carbons (Fsp3) is 0.625. The van der Waals surface area contributed by atoms with Crippen molar-refractivity contribution >= 4 is 10.0 Å². The van der Waals surface area contributed by atoms with Gasteiger partial charge in [-0.25, -0.2) is 8.42 Å². The van der Waals surface area contributed by atoms with Gasteiger partial charge in [0.25, 0.3) is 0 Å². The predicted molar refractivity (Wildman–Crippen MR) is 84.1 cm³/mol. The Labute approximate surface area is 144 Å². The molecule has 2 aliphatic rings. The first-order chi connectivity index (χ1) is 11.8. The van der Waals surface area contributed by atoms with Crippen molar-refractivity contribution in [3.05, 3.63) is 35.4 Å². The highest BCUT2D eigenvalue weighted by molar-refractivity contribution is 7.88. The van der Waals surface area contributed by atoms with Crippen LogP contribution in [0.2, 0.25) is 0 Å². The molecule has 0 bridgehead atoms. The summed E-state index contributed by atoms with van der Waals surface area (Å²) in [6.45, 7) is 1.17. The van der Waals surface area contributed by atoms with Gasteiger partial charge in [0.05, 0.1) is 30.6 Å². The lowest BCUT2D eigenvalue weighted by molar-refractivity contribution is -0.137. The molecule has 1 aromatic rings. The summed E-state index contributed by atoms with van der Waals surface area (Å²) in [4.78, 5) is 0. The van der Waals surface area contributed by atoms with Crippen molar-refractivity contribution in [2.45, 2.75) is 43.5 Å². The minimum Gasteiger partial charge on any atom is -0.349 e. The topological polar surface area (TPSA) is 55.8 Å². The zero-order chi connectivity index (χ0) is 18.1. The van der Waals surface area contributed by atoms with Crippen molar-refractivity contribution in [2.75, 3.05) is 19.8 Å². The maximum atomic E-state index is 12.8. The summed E-state index contributed by atoms with van der Waals surface area (Å²) in [5.41, 5.74) is -0.731. The molecule has 2 saturated heterocycles. The summed E-state index contributed by atoms with van der Waals surface area (Å²) >= 11 is 0. The van der Waals surface area contributed by atoms with Gasteiger partial charge in [-0.2, -0.15) is 17.5 Å². The minimum absolute atomic E-state index is 0.118. The minimum atomic E-state index is -4.50. The summed E-state index contributed by atoms with van der Waals surface area (Å²) < 4.78 is 76.4. The molecule has 0 saturated carbocycles. The maximum Gasteiger partial charge on any atom is 0.416 e. The van der Waals surface area contributed by atoms with Gasteiger partial charge in [0, 0.05) is 6.54 Å². The molecule has 1 aromatic carbocycles. The van der Waals surface area contributed by atoms with Crippen LogP contribution in [0.4, 0.5) is 13.2 Å². The van der Waals surface area contributed by atoms with Crippen LogP contribution in [0.15, 0.2) is 24.3 Å². The van der Waals surface area contributed by atoms with Crippen LogP contribution in [-0.2, 0) is 31.4 Å². The van der Waals surface area contributed by atoms with Crippen LogP contribution in [0, 0.1) is 0 Å². The summed E-state index contributed by atoms with van der Waals surface area (Å²) in [5, 5.41) is 0. The molecule has 2 fully saturated rings. The zero-order valence-electron chi connectivity index (χ0n) is 13.5. The van der Waals surface area contributed by atoms with Crippen LogP contribution < -0.4 is 0 Å². The molecule has 0 radical (unpaired) electrons. The smallest absolute Gasteiger partial charge is 0.349 e. The van der Waals surface area contributed by atoms with E-state index < -0.39 is 39.8 Å². The van der Waals surface area contributed by atoms with Crippen molar-refractivity contribution < 1.29 is 31.1 Å². The lowest BCUT2D eigenvalue weighted by Crippen LogP contribution is -2.50. The molecule has 140 valence electrons. The second kappa shape index (κ2) is 7.22. The molecular weight excluding hydrogens is 359 g/mol. The molecule has 0 amide bonds. The molecule has 25 heavy (non-hydrogen) atoms. The number of nitrogens with zero attached hydrogens (tertiary/aromatic N) is 1. The summed E-state index contributed by atoms with van der Waals surface area (Å²) in [6, 6.07) is 4.02. The maximum absolute atomic E-state index is 12.8. The van der Waals surface area contributed by atoms with Crippen molar-refractivity contribution in [1.82, 2.24) is 4.31 Å². The highest BCUT2D eigenvalue weighted by Gasteiger charge is 2.40. The third kappa shape index (κ3) is 4.33. The van der Waals surface area contributed by atoms with Gasteiger partial charge in [-0.15, -0.1) is 0 Å². The molecule has 1 unspecified atom stereocenters. The van der Waals surface area contributed by atoms with Crippen LogP contribution in [-0.4, -0.2) is 44.8 Å². The first-order valence-corrected chi connectivity index (χ1v) is 9.77. The first kappa shape index (κ1) is 18.6. The first-order valence-electron chi connectivity index (χ1n) is 8.16. The lowest BCUT2D eigenvalue weighted by atomic mass is 10.0. The monoisotopic (exact) mass is 379 g/mol. The number of ether oxygens (including phenoxy) is 2. The number of hydrogen-bond donors (Lipinski definition) is 0. The summed E-state index contributed by atoms with van der Waals surface area (Å²) in [5.74, 6) is -0.472. The number of rotatable bonds is 4. The fourth-order valence-corrected chi connectivity index (χ4v) is 5.07. The van der Waals surface area contributed by atoms with E-state index in [2.05, 4.69) is 0 Å². The van der Waals surface area contributed by atoms with E-state index in [9.17, 15) is 21.6 Å². The Morgan fingerprint density at radius 1 is 1.16 bits per heavy atom. The highest BCUT2D eigenvalue weighted by Crippen LogP contribution is 2.31. The van der Waals surface area contributed by atoms with Gasteiger partial charge in [-0.1, -0.05) is 24.6 Å². The van der Waals surface area contributed by atoms with E-state index in [0.717, 1.165) is 18.6 Å². The quantitative estimate of drug-likeness (QED) is 0.807. The number of hydrogen-bond acceptors (Lipinski definition) is 4. The van der Waals surface area contributed by atoms with Crippen LogP contribution in [0.25, 0.3) is 0 Å². The molecule has 2 heterocycles. The second-order valence-corrected chi connectivity index (χ2v) is 8.16. The van der Waals surface area contributed by atoms with Crippen LogP contribution in [0.3, 0.4) is 0 Å². The van der Waals surface area contributed by atoms with Crippen LogP contribution >= 0.6 is 0 Å². The van der Waals surface area contributed by atoms with Crippen molar-refractivity contribution in [3.8, 4) is 0 Å². The predicted octanol–water partition coefficient (Wildman–Crippen LogP) is 2.76. The standard InChI is InChI=1S/C16H20F3NO4S/c17-16(18,19)13-5-3-4-12(10-13)11-25(21,22)20-7-2-1-6-14(20)15-23-8-9-24-15/h3-5,10,14-15H,1-2,6-9,11H2. The highest BCUT2D eigenvalue weighted by atomic mass is 32.2. The Morgan fingerprint density at radius 3 is 2.56 bits per heavy atom. The Hall–Kier alpha value is -1.16. The number of sulfonamides is 1. The molecule has 0 spiro atoms. The average molecular weight is 379 g/mol. The molecule has 0 N–H and O–H groups in total. The summed E-state index contributed by atoms with van der Waals surface area (Å²) in [6.07, 6.45) is -2.91. The zero-order valence-corrected chi connectivity index (χ0v) is 14.4. The molecule has 3 rings (SSSR count). The molecule has 0 aliphatic carbocycles. The van der Waals surface area contributed by atoms with E-state index in [-0.39, 0.29) is 5.56 Å². The van der Waals surface area contributed by atoms with E-state index in [4.69, 9.17) is 9.47 Å². The van der Waals surface area contributed by atoms with Gasteiger partial charge in [-0.3, -0.25) is 0 Å². The van der Waals surface area contributed by atoms with Crippen molar-refractivity contribution in [3.63, 3.8) is 0 Å². The van der Waals surface area contributed by atoms with E-state index >= 15 is 0 Å². The third-order valence-electron chi connectivity index (χ3n) is 4.42. The Morgan fingerprint density at radius 2 is 1.88 bits per heavy atom. The normalized spacial score (nSPS) is 23.9. The number of alkyl halides is 3. The van der Waals surface area contributed by atoms with Gasteiger partial charge in [-0.05, 0) is 24.5 Å². The van der Waals surface area contributed by atoms with Gasteiger partial charge < -0.3 is 9.47 Å². The van der Waals surface area contributed by atoms with Crippen molar-refractivity contribution in [1.29, 1.82) is 0 Å². The molecule has 5 nitrogen and oxygen atoms in total. The number of piperidine rings is 1. The Balaban J connectivity index is 1.80. The SMILES string of the molecule is O=S(=O)(Cc1cccc(C(F)(F)F)c1)N1CCCCC1C1OCCO1. The molecule has 2 aliphatic heterocycles. The van der Waals surface area contributed by atoms with Crippen molar-refractivity contribution in [2.24, 2.45) is 0 Å². The Bertz CT molecular complexity index is 702. The summed E-state index contributed by atoms with van der Waals surface area (Å²) in [7, 11) is -3.78. The molecular formula is C16H20F3NO4S. The van der Waals surface area contributed by atoms with E-state index in [1.165, 1.54) is 16.4 Å². The van der Waals surface area contributed by atoms with E-state index in [1.54, 1.807) is 0 Å². The van der Waals surface area contributed by atoms with Gasteiger partial charge >= 0.3 is 6.18 Å². The Kier molecular flexibility index (Phi) is 5.38. The molecule has 0 aromatic heterocycles. The number of benzene rings is 1. The van der Waals surface area contributed by atoms with Gasteiger partial charge in [0.15, 0.2) is 6.29 Å².